The number of rotatable bonds is 4. The monoisotopic (exact) mass is 342 g/mol. The standard InChI is InChI=1S/C17H22N6O2/c1-10-8-14(20-15(18-10)13-4-5-13)23-7-6-17(9-23,21-11(2)24)16-19-12(3)25-22-16/h8,13H,4-7,9H2,1-3H3,(H,21,24)/t17-/m1/s1. The fourth-order valence-electron chi connectivity index (χ4n) is 3.44. The molecule has 2 fully saturated rings. The number of aromatic nitrogens is 4. The van der Waals surface area contributed by atoms with E-state index in [1.165, 1.54) is 19.8 Å². The molecule has 1 saturated carbocycles. The Morgan fingerprint density at radius 3 is 2.76 bits per heavy atom. The van der Waals surface area contributed by atoms with E-state index < -0.39 is 5.54 Å². The summed E-state index contributed by atoms with van der Waals surface area (Å²) >= 11 is 0. The number of anilines is 1. The van der Waals surface area contributed by atoms with Crippen molar-refractivity contribution in [3.8, 4) is 0 Å². The van der Waals surface area contributed by atoms with Crippen LogP contribution in [-0.2, 0) is 10.3 Å². The minimum absolute atomic E-state index is 0.109. The normalized spacial score (nSPS) is 23.1. The van der Waals surface area contributed by atoms with Crippen molar-refractivity contribution in [2.24, 2.45) is 0 Å². The highest BCUT2D eigenvalue weighted by Crippen LogP contribution is 2.39. The summed E-state index contributed by atoms with van der Waals surface area (Å²) in [6.45, 7) is 6.58. The molecule has 8 heteroatoms. The molecule has 8 nitrogen and oxygen atoms in total. The van der Waals surface area contributed by atoms with Crippen molar-refractivity contribution in [1.82, 2.24) is 25.4 Å². The van der Waals surface area contributed by atoms with Gasteiger partial charge in [0.05, 0.1) is 0 Å². The Kier molecular flexibility index (Phi) is 3.70. The van der Waals surface area contributed by atoms with Crippen molar-refractivity contribution in [1.29, 1.82) is 0 Å². The molecule has 3 heterocycles. The zero-order valence-corrected chi connectivity index (χ0v) is 14.7. The lowest BCUT2D eigenvalue weighted by molar-refractivity contribution is -0.120. The van der Waals surface area contributed by atoms with Gasteiger partial charge < -0.3 is 14.7 Å². The van der Waals surface area contributed by atoms with Gasteiger partial charge >= 0.3 is 0 Å². The highest BCUT2D eigenvalue weighted by atomic mass is 16.5. The molecular weight excluding hydrogens is 320 g/mol. The Hall–Kier alpha value is -2.51. The molecule has 0 bridgehead atoms. The van der Waals surface area contributed by atoms with E-state index in [0.717, 1.165) is 23.9 Å². The molecule has 0 unspecified atom stereocenters. The number of carbonyl (C=O) groups is 1. The molecule has 2 aromatic heterocycles. The number of amides is 1. The molecule has 1 amide bonds. The third kappa shape index (κ3) is 3.08. The summed E-state index contributed by atoms with van der Waals surface area (Å²) < 4.78 is 5.15. The molecule has 0 radical (unpaired) electrons. The summed E-state index contributed by atoms with van der Waals surface area (Å²) in [4.78, 5) is 27.7. The van der Waals surface area contributed by atoms with Crippen molar-refractivity contribution in [2.75, 3.05) is 18.0 Å². The lowest BCUT2D eigenvalue weighted by atomic mass is 9.97. The van der Waals surface area contributed by atoms with Crippen LogP contribution >= 0.6 is 0 Å². The second-order valence-corrected chi connectivity index (χ2v) is 7.07. The smallest absolute Gasteiger partial charge is 0.223 e. The predicted octanol–water partition coefficient (Wildman–Crippen LogP) is 1.60. The molecule has 0 spiro atoms. The first-order chi connectivity index (χ1) is 11.9. The molecule has 0 aromatic carbocycles. The van der Waals surface area contributed by atoms with E-state index in [1.54, 1.807) is 6.92 Å². The van der Waals surface area contributed by atoms with E-state index in [1.807, 2.05) is 13.0 Å². The summed E-state index contributed by atoms with van der Waals surface area (Å²) in [6.07, 6.45) is 3.04. The Balaban J connectivity index is 1.64. The fourth-order valence-corrected chi connectivity index (χ4v) is 3.44. The van der Waals surface area contributed by atoms with Crippen LogP contribution < -0.4 is 10.2 Å². The predicted molar refractivity (Wildman–Crippen MR) is 90.1 cm³/mol. The quantitative estimate of drug-likeness (QED) is 0.901. The summed E-state index contributed by atoms with van der Waals surface area (Å²) in [6, 6.07) is 2.00. The first-order valence-electron chi connectivity index (χ1n) is 8.65. The van der Waals surface area contributed by atoms with Gasteiger partial charge in [0, 0.05) is 44.6 Å². The van der Waals surface area contributed by atoms with Crippen LogP contribution in [0.3, 0.4) is 0 Å². The number of aryl methyl sites for hydroxylation is 2. The molecule has 1 N–H and O–H groups in total. The van der Waals surface area contributed by atoms with Gasteiger partial charge in [0.1, 0.15) is 17.2 Å². The molecule has 2 aromatic rings. The van der Waals surface area contributed by atoms with Crippen molar-refractivity contribution < 1.29 is 9.32 Å². The Morgan fingerprint density at radius 1 is 1.32 bits per heavy atom. The average Bonchev–Trinajstić information content (AvgIpc) is 3.17. The van der Waals surface area contributed by atoms with Gasteiger partial charge in [-0.2, -0.15) is 4.98 Å². The summed E-state index contributed by atoms with van der Waals surface area (Å²) in [5, 5.41) is 7.10. The molecular formula is C17H22N6O2. The molecule has 25 heavy (non-hydrogen) atoms. The minimum atomic E-state index is -0.651. The van der Waals surface area contributed by atoms with Gasteiger partial charge in [0.25, 0.3) is 0 Å². The van der Waals surface area contributed by atoms with E-state index in [0.29, 0.717) is 30.6 Å². The zero-order chi connectivity index (χ0) is 17.6. The third-order valence-corrected chi connectivity index (χ3v) is 4.76. The molecule has 4 rings (SSSR count). The second kappa shape index (κ2) is 5.79. The van der Waals surface area contributed by atoms with Gasteiger partial charge in [-0.1, -0.05) is 5.16 Å². The topological polar surface area (TPSA) is 97.0 Å². The van der Waals surface area contributed by atoms with Gasteiger partial charge in [-0.25, -0.2) is 9.97 Å². The van der Waals surface area contributed by atoms with Crippen LogP contribution in [0.1, 0.15) is 55.3 Å². The van der Waals surface area contributed by atoms with E-state index >= 15 is 0 Å². The van der Waals surface area contributed by atoms with Crippen molar-refractivity contribution in [2.45, 2.75) is 51.5 Å². The molecule has 1 atom stereocenters. The highest BCUT2D eigenvalue weighted by molar-refractivity contribution is 5.74. The van der Waals surface area contributed by atoms with E-state index in [4.69, 9.17) is 9.51 Å². The second-order valence-electron chi connectivity index (χ2n) is 7.07. The molecule has 1 aliphatic carbocycles. The SMILES string of the molecule is CC(=O)N[C@]1(c2noc(C)n2)CCN(c2cc(C)nc(C3CC3)n2)C1. The fraction of sp³-hybridized carbons (Fsp3) is 0.588. The molecule has 2 aliphatic rings. The first-order valence-corrected chi connectivity index (χ1v) is 8.65. The zero-order valence-electron chi connectivity index (χ0n) is 14.7. The van der Waals surface area contributed by atoms with Gasteiger partial charge in [-0.05, 0) is 26.2 Å². The van der Waals surface area contributed by atoms with Crippen molar-refractivity contribution in [3.05, 3.63) is 29.3 Å². The minimum Gasteiger partial charge on any atom is -0.354 e. The van der Waals surface area contributed by atoms with Crippen LogP contribution in [0.25, 0.3) is 0 Å². The first kappa shape index (κ1) is 16.0. The lowest BCUT2D eigenvalue weighted by Gasteiger charge is -2.27. The van der Waals surface area contributed by atoms with E-state index in [2.05, 4.69) is 25.3 Å². The van der Waals surface area contributed by atoms with Crippen LogP contribution in [0.5, 0.6) is 0 Å². The number of nitrogens with zero attached hydrogens (tertiary/aromatic N) is 5. The maximum absolute atomic E-state index is 11.8. The Labute approximate surface area is 146 Å². The van der Waals surface area contributed by atoms with Gasteiger partial charge in [-0.15, -0.1) is 0 Å². The molecule has 132 valence electrons. The summed E-state index contributed by atoms with van der Waals surface area (Å²) in [7, 11) is 0. The van der Waals surface area contributed by atoms with Crippen LogP contribution in [0.2, 0.25) is 0 Å². The summed E-state index contributed by atoms with van der Waals surface area (Å²) in [5.74, 6) is 3.25. The number of nitrogens with one attached hydrogen (secondary N) is 1. The van der Waals surface area contributed by atoms with Gasteiger partial charge in [-0.3, -0.25) is 4.79 Å². The lowest BCUT2D eigenvalue weighted by Crippen LogP contribution is -2.48. The largest absolute Gasteiger partial charge is 0.354 e. The molecule has 1 aliphatic heterocycles. The van der Waals surface area contributed by atoms with Crippen molar-refractivity contribution >= 4 is 11.7 Å². The maximum Gasteiger partial charge on any atom is 0.223 e. The van der Waals surface area contributed by atoms with Crippen LogP contribution in [-0.4, -0.2) is 39.1 Å². The van der Waals surface area contributed by atoms with Gasteiger partial charge in [0.15, 0.2) is 5.82 Å². The average molecular weight is 342 g/mol. The number of hydrogen-bond donors (Lipinski definition) is 1. The number of carbonyl (C=O) groups excluding carboxylic acids is 1. The maximum atomic E-state index is 11.8. The van der Waals surface area contributed by atoms with Crippen LogP contribution in [0.4, 0.5) is 5.82 Å². The van der Waals surface area contributed by atoms with Crippen molar-refractivity contribution in [3.63, 3.8) is 0 Å². The van der Waals surface area contributed by atoms with E-state index in [9.17, 15) is 4.79 Å². The third-order valence-electron chi connectivity index (χ3n) is 4.76. The van der Waals surface area contributed by atoms with Gasteiger partial charge in [0.2, 0.25) is 11.8 Å². The Bertz CT molecular complexity index is 815. The highest BCUT2D eigenvalue weighted by Gasteiger charge is 2.45. The van der Waals surface area contributed by atoms with E-state index in [-0.39, 0.29) is 5.91 Å². The number of hydrogen-bond acceptors (Lipinski definition) is 7. The molecule has 1 saturated heterocycles. The van der Waals surface area contributed by atoms with Crippen LogP contribution in [0.15, 0.2) is 10.6 Å². The van der Waals surface area contributed by atoms with Crippen LogP contribution in [0, 0.1) is 13.8 Å². The Morgan fingerprint density at radius 2 is 2.12 bits per heavy atom. The summed E-state index contributed by atoms with van der Waals surface area (Å²) in [5.41, 5.74) is 0.321.